The molecule has 0 amide bonds. The molecule has 3 aromatic rings. The number of benzene rings is 3. The fourth-order valence-corrected chi connectivity index (χ4v) is 2.83. The van der Waals surface area contributed by atoms with E-state index >= 15 is 0 Å². The second-order valence-corrected chi connectivity index (χ2v) is 7.18. The normalized spacial score (nSPS) is 11.7. The Morgan fingerprint density at radius 2 is 1.66 bits per heavy atom. The molecule has 0 aliphatic carbocycles. The third-order valence-corrected chi connectivity index (χ3v) is 4.75. The Morgan fingerprint density at radius 1 is 0.828 bits per heavy atom. The van der Waals surface area contributed by atoms with E-state index in [9.17, 15) is 0 Å². The quantitative estimate of drug-likeness (QED) is 0.267. The minimum Gasteiger partial charge on any atom is -0.496 e. The van der Waals surface area contributed by atoms with Crippen molar-refractivity contribution in [3.05, 3.63) is 107 Å². The fourth-order valence-electron chi connectivity index (χ4n) is 2.83. The highest BCUT2D eigenvalue weighted by molar-refractivity contribution is 5.91. The Kier molecular flexibility index (Phi) is 6.85. The van der Waals surface area contributed by atoms with E-state index in [1.807, 2.05) is 49.4 Å². The van der Waals surface area contributed by atoms with Gasteiger partial charge >= 0.3 is 0 Å². The Morgan fingerprint density at radius 3 is 2.41 bits per heavy atom. The van der Waals surface area contributed by atoms with Gasteiger partial charge < -0.3 is 9.47 Å². The Labute approximate surface area is 173 Å². The number of hydrogen-bond donors (Lipinski definition) is 0. The summed E-state index contributed by atoms with van der Waals surface area (Å²) in [7, 11) is 0. The van der Waals surface area contributed by atoms with Crippen molar-refractivity contribution in [1.82, 2.24) is 0 Å². The van der Waals surface area contributed by atoms with E-state index in [-0.39, 0.29) is 0 Å². The van der Waals surface area contributed by atoms with Gasteiger partial charge in [0.05, 0.1) is 11.9 Å². The molecule has 0 aliphatic rings. The number of rotatable bonds is 6. The van der Waals surface area contributed by atoms with Crippen LogP contribution in [0.1, 0.15) is 27.8 Å². The largest absolute Gasteiger partial charge is 0.496 e. The van der Waals surface area contributed by atoms with E-state index in [1.165, 1.54) is 16.7 Å². The summed E-state index contributed by atoms with van der Waals surface area (Å²) >= 11 is 0. The zero-order valence-corrected chi connectivity index (χ0v) is 17.5. The van der Waals surface area contributed by atoms with Crippen molar-refractivity contribution in [3.63, 3.8) is 0 Å². The molecular formula is C26H27NO2. The predicted octanol–water partition coefficient (Wildman–Crippen LogP) is 6.76. The van der Waals surface area contributed by atoms with Crippen LogP contribution in [0.4, 0.5) is 5.69 Å². The van der Waals surface area contributed by atoms with E-state index < -0.39 is 0 Å². The van der Waals surface area contributed by atoms with Crippen LogP contribution in [0.2, 0.25) is 0 Å². The first-order valence-electron chi connectivity index (χ1n) is 9.74. The summed E-state index contributed by atoms with van der Waals surface area (Å²) in [6.07, 6.45) is 3.40. The second-order valence-electron chi connectivity index (χ2n) is 7.18. The predicted molar refractivity (Wildman–Crippen MR) is 120 cm³/mol. The lowest BCUT2D eigenvalue weighted by Gasteiger charge is -2.08. The van der Waals surface area contributed by atoms with Crippen LogP contribution >= 0.6 is 0 Å². The lowest BCUT2D eigenvalue weighted by Crippen LogP contribution is -2.05. The first kappa shape index (κ1) is 20.4. The van der Waals surface area contributed by atoms with Crippen LogP contribution in [0.3, 0.4) is 0 Å². The Balaban J connectivity index is 1.78. The smallest absolute Gasteiger partial charge is 0.222 e. The summed E-state index contributed by atoms with van der Waals surface area (Å²) in [5, 5.41) is 0. The first-order valence-corrected chi connectivity index (χ1v) is 9.74. The minimum atomic E-state index is 0.476. The molecule has 3 heteroatoms. The second kappa shape index (κ2) is 9.74. The van der Waals surface area contributed by atoms with E-state index in [4.69, 9.17) is 9.47 Å². The Hall–Kier alpha value is -3.33. The molecule has 0 spiro atoms. The van der Waals surface area contributed by atoms with Crippen LogP contribution in [0.5, 0.6) is 5.75 Å². The molecule has 3 rings (SSSR count). The van der Waals surface area contributed by atoms with Crippen LogP contribution in [0, 0.1) is 27.7 Å². The molecule has 0 saturated carbocycles. The van der Waals surface area contributed by atoms with Crippen molar-refractivity contribution in [2.75, 3.05) is 0 Å². The van der Waals surface area contributed by atoms with Gasteiger partial charge in [0, 0.05) is 6.08 Å². The molecule has 0 aromatic heterocycles. The lowest BCUT2D eigenvalue weighted by atomic mass is 10.1. The van der Waals surface area contributed by atoms with Crippen molar-refractivity contribution < 1.29 is 9.47 Å². The zero-order chi connectivity index (χ0) is 20.6. The van der Waals surface area contributed by atoms with Gasteiger partial charge in [-0.15, -0.1) is 0 Å². The molecule has 0 bridgehead atoms. The average molecular weight is 386 g/mol. The van der Waals surface area contributed by atoms with Gasteiger partial charge in [-0.2, -0.15) is 0 Å². The van der Waals surface area contributed by atoms with Gasteiger partial charge in [0.25, 0.3) is 0 Å². The molecule has 0 saturated heterocycles. The average Bonchev–Trinajstić information content (AvgIpc) is 2.69. The SMILES string of the molecule is Cc1cccc(OC(C=COCc2ccccc2C)=Nc2ccc(C)c(C)c2)c1. The molecule has 148 valence electrons. The molecular weight excluding hydrogens is 358 g/mol. The highest BCUT2D eigenvalue weighted by Crippen LogP contribution is 2.19. The molecule has 0 aliphatic heterocycles. The molecule has 0 radical (unpaired) electrons. The minimum absolute atomic E-state index is 0.476. The van der Waals surface area contributed by atoms with Gasteiger partial charge in [0.1, 0.15) is 12.4 Å². The number of aliphatic imine (C=N–C) groups is 1. The van der Waals surface area contributed by atoms with Crippen molar-refractivity contribution in [3.8, 4) is 5.75 Å². The maximum absolute atomic E-state index is 6.03. The van der Waals surface area contributed by atoms with Crippen molar-refractivity contribution in [2.45, 2.75) is 34.3 Å². The molecule has 29 heavy (non-hydrogen) atoms. The number of aryl methyl sites for hydroxylation is 4. The van der Waals surface area contributed by atoms with Crippen LogP contribution in [0.25, 0.3) is 0 Å². The summed E-state index contributed by atoms with van der Waals surface area (Å²) < 4.78 is 11.8. The molecule has 3 aromatic carbocycles. The van der Waals surface area contributed by atoms with Crippen LogP contribution in [-0.2, 0) is 11.3 Å². The van der Waals surface area contributed by atoms with Gasteiger partial charge in [-0.25, -0.2) is 4.99 Å². The summed E-state index contributed by atoms with van der Waals surface area (Å²) in [5.41, 5.74) is 6.78. The fraction of sp³-hybridized carbons (Fsp3) is 0.192. The van der Waals surface area contributed by atoms with E-state index in [0.29, 0.717) is 12.5 Å². The van der Waals surface area contributed by atoms with Crippen molar-refractivity contribution >= 4 is 11.6 Å². The topological polar surface area (TPSA) is 30.8 Å². The van der Waals surface area contributed by atoms with Crippen LogP contribution in [0.15, 0.2) is 84.1 Å². The highest BCUT2D eigenvalue weighted by atomic mass is 16.5. The summed E-state index contributed by atoms with van der Waals surface area (Å²) in [5.74, 6) is 1.22. The first-order chi connectivity index (χ1) is 14.0. The maximum atomic E-state index is 6.03. The van der Waals surface area contributed by atoms with Gasteiger partial charge in [0.2, 0.25) is 5.90 Å². The summed E-state index contributed by atoms with van der Waals surface area (Å²) in [6.45, 7) is 8.79. The third-order valence-electron chi connectivity index (χ3n) is 4.75. The van der Waals surface area contributed by atoms with Crippen LogP contribution in [-0.4, -0.2) is 5.90 Å². The zero-order valence-electron chi connectivity index (χ0n) is 17.5. The Bertz CT molecular complexity index is 1030. The van der Waals surface area contributed by atoms with Crippen molar-refractivity contribution in [2.24, 2.45) is 4.99 Å². The summed E-state index contributed by atoms with van der Waals surface area (Å²) in [4.78, 5) is 4.68. The van der Waals surface area contributed by atoms with Gasteiger partial charge in [0.15, 0.2) is 0 Å². The molecule has 0 unspecified atom stereocenters. The van der Waals surface area contributed by atoms with Gasteiger partial charge in [-0.05, 0) is 79.8 Å². The standard InChI is InChI=1S/C26H27NO2/c1-19-8-7-11-25(16-19)29-26(27-24-13-12-20(2)22(4)17-24)14-15-28-18-23-10-6-5-9-21(23)3/h5-17H,18H2,1-4H3. The van der Waals surface area contributed by atoms with Crippen molar-refractivity contribution in [1.29, 1.82) is 0 Å². The molecule has 0 fully saturated rings. The molecule has 3 nitrogen and oxygen atoms in total. The van der Waals surface area contributed by atoms with Gasteiger partial charge in [-0.1, -0.05) is 42.5 Å². The summed E-state index contributed by atoms with van der Waals surface area (Å²) in [6, 6.07) is 22.2. The third kappa shape index (κ3) is 6.08. The molecule has 0 atom stereocenters. The van der Waals surface area contributed by atoms with Gasteiger partial charge in [-0.3, -0.25) is 0 Å². The van der Waals surface area contributed by atoms with E-state index in [1.54, 1.807) is 12.3 Å². The number of hydrogen-bond acceptors (Lipinski definition) is 3. The monoisotopic (exact) mass is 385 g/mol. The molecule has 0 heterocycles. The number of ether oxygens (including phenoxy) is 2. The molecule has 0 N–H and O–H groups in total. The van der Waals surface area contributed by atoms with E-state index in [2.05, 4.69) is 50.0 Å². The lowest BCUT2D eigenvalue weighted by molar-refractivity contribution is 0.236. The number of nitrogens with zero attached hydrogens (tertiary/aromatic N) is 1. The highest BCUT2D eigenvalue weighted by Gasteiger charge is 2.03. The maximum Gasteiger partial charge on any atom is 0.222 e. The van der Waals surface area contributed by atoms with E-state index in [0.717, 1.165) is 22.6 Å². The van der Waals surface area contributed by atoms with Crippen LogP contribution < -0.4 is 4.74 Å².